The van der Waals surface area contributed by atoms with Crippen molar-refractivity contribution in [2.75, 3.05) is 13.6 Å². The van der Waals surface area contributed by atoms with Gasteiger partial charge in [-0.05, 0) is 30.7 Å². The Kier molecular flexibility index (Phi) is 5.80. The van der Waals surface area contributed by atoms with Crippen molar-refractivity contribution in [2.45, 2.75) is 25.8 Å². The summed E-state index contributed by atoms with van der Waals surface area (Å²) < 4.78 is 1.16. The van der Waals surface area contributed by atoms with E-state index in [0.29, 0.717) is 30.3 Å². The average Bonchev–Trinajstić information content (AvgIpc) is 2.69. The highest BCUT2D eigenvalue weighted by atomic mass is 16.2. The van der Waals surface area contributed by atoms with E-state index in [1.165, 1.54) is 0 Å². The number of pyridine rings is 1. The van der Waals surface area contributed by atoms with Gasteiger partial charge in [0.25, 0.3) is 5.56 Å². The summed E-state index contributed by atoms with van der Waals surface area (Å²) in [5, 5.41) is 0.468. The Hall–Kier alpha value is -3.22. The molecule has 1 aromatic carbocycles. The summed E-state index contributed by atoms with van der Waals surface area (Å²) in [6.45, 7) is 0.783. The highest BCUT2D eigenvalue weighted by molar-refractivity contribution is 5.77. The topological polar surface area (TPSA) is 88.1 Å². The molecule has 0 saturated heterocycles. The molecule has 7 nitrogen and oxygen atoms in total. The van der Waals surface area contributed by atoms with Crippen molar-refractivity contribution >= 4 is 16.8 Å². The highest BCUT2D eigenvalue weighted by Crippen LogP contribution is 2.04. The monoisotopic (exact) mass is 366 g/mol. The molecule has 27 heavy (non-hydrogen) atoms. The van der Waals surface area contributed by atoms with Gasteiger partial charge in [-0.3, -0.25) is 19.1 Å². The van der Waals surface area contributed by atoms with Crippen molar-refractivity contribution in [3.8, 4) is 0 Å². The van der Waals surface area contributed by atoms with E-state index >= 15 is 0 Å². The van der Waals surface area contributed by atoms with Crippen LogP contribution in [0.5, 0.6) is 0 Å². The minimum atomic E-state index is -0.449. The van der Waals surface area contributed by atoms with Crippen LogP contribution in [0.1, 0.15) is 18.5 Å². The summed E-state index contributed by atoms with van der Waals surface area (Å²) in [5.41, 5.74) is 0.681. The first-order valence-corrected chi connectivity index (χ1v) is 8.92. The third-order valence-corrected chi connectivity index (χ3v) is 4.52. The molecule has 1 N–H and O–H groups in total. The largest absolute Gasteiger partial charge is 0.345 e. The van der Waals surface area contributed by atoms with E-state index in [1.54, 1.807) is 42.4 Å². The van der Waals surface area contributed by atoms with Crippen molar-refractivity contribution in [1.82, 2.24) is 19.4 Å². The first kappa shape index (κ1) is 18.6. The third kappa shape index (κ3) is 4.49. The number of amides is 1. The van der Waals surface area contributed by atoms with E-state index in [1.807, 2.05) is 18.2 Å². The Morgan fingerprint density at radius 3 is 2.70 bits per heavy atom. The van der Waals surface area contributed by atoms with Crippen LogP contribution in [-0.4, -0.2) is 38.9 Å². The number of benzene rings is 1. The summed E-state index contributed by atoms with van der Waals surface area (Å²) in [5.74, 6) is -0.0174. The van der Waals surface area contributed by atoms with Crippen LogP contribution < -0.4 is 11.2 Å². The van der Waals surface area contributed by atoms with Crippen LogP contribution in [0.3, 0.4) is 0 Å². The van der Waals surface area contributed by atoms with Gasteiger partial charge in [-0.2, -0.15) is 0 Å². The molecule has 2 heterocycles. The van der Waals surface area contributed by atoms with Gasteiger partial charge in [0.2, 0.25) is 5.91 Å². The maximum absolute atomic E-state index is 12.5. The van der Waals surface area contributed by atoms with Crippen LogP contribution in [0, 0.1) is 0 Å². The van der Waals surface area contributed by atoms with Gasteiger partial charge in [0.05, 0.1) is 10.9 Å². The fraction of sp³-hybridized carbons (Fsp3) is 0.300. The second-order valence-electron chi connectivity index (χ2n) is 6.42. The van der Waals surface area contributed by atoms with Gasteiger partial charge in [0.1, 0.15) is 0 Å². The smallest absolute Gasteiger partial charge is 0.328 e. The van der Waals surface area contributed by atoms with Gasteiger partial charge in [0, 0.05) is 44.9 Å². The zero-order valence-electron chi connectivity index (χ0n) is 15.2. The number of nitrogens with one attached hydrogen (secondary N) is 1. The minimum absolute atomic E-state index is 0.0174. The fourth-order valence-electron chi connectivity index (χ4n) is 2.93. The van der Waals surface area contributed by atoms with E-state index in [9.17, 15) is 14.4 Å². The van der Waals surface area contributed by atoms with Crippen LogP contribution in [0.2, 0.25) is 0 Å². The molecule has 2 aromatic heterocycles. The van der Waals surface area contributed by atoms with E-state index in [0.717, 1.165) is 10.3 Å². The molecule has 0 radical (unpaired) electrons. The number of carbonyl (C=O) groups excluding carboxylic acids is 1. The first-order valence-electron chi connectivity index (χ1n) is 8.92. The number of para-hydroxylation sites is 1. The summed E-state index contributed by atoms with van der Waals surface area (Å²) >= 11 is 0. The highest BCUT2D eigenvalue weighted by Gasteiger charge is 2.11. The van der Waals surface area contributed by atoms with Gasteiger partial charge in [-0.25, -0.2) is 4.79 Å². The number of carbonyl (C=O) groups is 1. The molecule has 0 spiro atoms. The predicted molar refractivity (Wildman–Crippen MR) is 104 cm³/mol. The zero-order valence-corrected chi connectivity index (χ0v) is 15.2. The molecule has 1 amide bonds. The van der Waals surface area contributed by atoms with Crippen LogP contribution in [0.4, 0.5) is 0 Å². The van der Waals surface area contributed by atoms with Crippen LogP contribution >= 0.6 is 0 Å². The maximum atomic E-state index is 12.5. The van der Waals surface area contributed by atoms with E-state index in [2.05, 4.69) is 9.97 Å². The Bertz CT molecular complexity index is 1040. The van der Waals surface area contributed by atoms with Crippen molar-refractivity contribution in [3.63, 3.8) is 0 Å². The quantitative estimate of drug-likeness (QED) is 0.687. The lowest BCUT2D eigenvalue weighted by atomic mass is 10.2. The van der Waals surface area contributed by atoms with Gasteiger partial charge in [-0.15, -0.1) is 0 Å². The van der Waals surface area contributed by atoms with Crippen LogP contribution in [0.25, 0.3) is 10.9 Å². The Morgan fingerprint density at radius 1 is 1.15 bits per heavy atom. The van der Waals surface area contributed by atoms with Crippen molar-refractivity contribution < 1.29 is 4.79 Å². The van der Waals surface area contributed by atoms with Crippen molar-refractivity contribution in [1.29, 1.82) is 0 Å². The molecule has 0 saturated carbocycles. The molecule has 0 fully saturated rings. The Labute approximate surface area is 156 Å². The van der Waals surface area contributed by atoms with Crippen molar-refractivity contribution in [3.05, 3.63) is 75.2 Å². The number of hydrogen-bond donors (Lipinski definition) is 1. The molecule has 0 unspecified atom stereocenters. The van der Waals surface area contributed by atoms with Crippen LogP contribution in [0.15, 0.2) is 58.3 Å². The number of hydrogen-bond acceptors (Lipinski definition) is 4. The number of likely N-dealkylation sites (N-methyl/N-ethyl adjacent to an activating group) is 1. The number of aromatic nitrogens is 3. The second kappa shape index (κ2) is 8.44. The van der Waals surface area contributed by atoms with E-state index in [4.69, 9.17) is 0 Å². The summed E-state index contributed by atoms with van der Waals surface area (Å²) in [6.07, 6.45) is 3.12. The lowest BCUT2D eigenvalue weighted by Gasteiger charge is -2.17. The second-order valence-corrected chi connectivity index (χ2v) is 6.42. The molecule has 3 rings (SSSR count). The first-order chi connectivity index (χ1) is 13.1. The summed E-state index contributed by atoms with van der Waals surface area (Å²) in [4.78, 5) is 45.5. The Balaban J connectivity index is 1.56. The number of fused-ring (bicyclic) bond motifs is 1. The van der Waals surface area contributed by atoms with Crippen LogP contribution in [-0.2, 0) is 17.8 Å². The molecular weight excluding hydrogens is 344 g/mol. The van der Waals surface area contributed by atoms with Gasteiger partial charge in [-0.1, -0.05) is 18.2 Å². The van der Waals surface area contributed by atoms with Gasteiger partial charge < -0.3 is 9.88 Å². The predicted octanol–water partition coefficient (Wildman–Crippen LogP) is 1.57. The summed E-state index contributed by atoms with van der Waals surface area (Å²) in [6, 6.07) is 12.6. The zero-order chi connectivity index (χ0) is 19.2. The number of aromatic amines is 1. The SMILES string of the molecule is CN(CCc1ccccn1)C(=O)CCCn1c(=O)[nH]c2ccccc2c1=O. The Morgan fingerprint density at radius 2 is 1.93 bits per heavy atom. The lowest BCUT2D eigenvalue weighted by Crippen LogP contribution is -2.35. The van der Waals surface area contributed by atoms with Crippen molar-refractivity contribution in [2.24, 2.45) is 0 Å². The number of nitrogens with zero attached hydrogens (tertiary/aromatic N) is 3. The normalized spacial score (nSPS) is 10.9. The molecule has 0 aliphatic carbocycles. The molecule has 0 atom stereocenters. The van der Waals surface area contributed by atoms with Gasteiger partial charge in [0.15, 0.2) is 0 Å². The molecule has 0 bridgehead atoms. The molecule has 0 aliphatic rings. The fourth-order valence-corrected chi connectivity index (χ4v) is 2.93. The molecule has 7 heteroatoms. The number of rotatable bonds is 7. The van der Waals surface area contributed by atoms with E-state index < -0.39 is 5.69 Å². The minimum Gasteiger partial charge on any atom is -0.345 e. The molecular formula is C20H22N4O3. The van der Waals surface area contributed by atoms with E-state index in [-0.39, 0.29) is 24.4 Å². The molecule has 3 aromatic rings. The van der Waals surface area contributed by atoms with Gasteiger partial charge >= 0.3 is 5.69 Å². The number of H-pyrrole nitrogens is 1. The molecule has 140 valence electrons. The maximum Gasteiger partial charge on any atom is 0.328 e. The standard InChI is InChI=1S/C20H22N4O3/c1-23(14-11-15-7-4-5-12-21-15)18(25)10-6-13-24-19(26)16-8-2-3-9-17(16)22-20(24)27/h2-5,7-9,12H,6,10-11,13-14H2,1H3,(H,22,27). The molecule has 0 aliphatic heterocycles. The lowest BCUT2D eigenvalue weighted by molar-refractivity contribution is -0.130. The third-order valence-electron chi connectivity index (χ3n) is 4.52. The summed E-state index contributed by atoms with van der Waals surface area (Å²) in [7, 11) is 1.75. The average molecular weight is 366 g/mol.